The van der Waals surface area contributed by atoms with Crippen molar-refractivity contribution in [3.05, 3.63) is 46.8 Å². The van der Waals surface area contributed by atoms with Crippen LogP contribution in [0.3, 0.4) is 0 Å². The second kappa shape index (κ2) is 7.16. The fourth-order valence-electron chi connectivity index (χ4n) is 1.98. The Morgan fingerprint density at radius 2 is 1.96 bits per heavy atom. The Kier molecular flexibility index (Phi) is 4.94. The van der Waals surface area contributed by atoms with Crippen molar-refractivity contribution in [3.63, 3.8) is 0 Å². The number of halogens is 3. The lowest BCUT2D eigenvalue weighted by atomic mass is 10.3. The van der Waals surface area contributed by atoms with E-state index in [1.807, 2.05) is 0 Å². The number of esters is 1. The Labute approximate surface area is 153 Å². The summed E-state index contributed by atoms with van der Waals surface area (Å²) < 4.78 is 44.8. The van der Waals surface area contributed by atoms with Gasteiger partial charge < -0.3 is 23.9 Å². The number of carbonyl (C=O) groups is 2. The number of hydrogen-bond donors (Lipinski definition) is 1. The summed E-state index contributed by atoms with van der Waals surface area (Å²) in [6.45, 7) is -0.560. The minimum atomic E-state index is -3.74. The van der Waals surface area contributed by atoms with Crippen LogP contribution in [0.25, 0.3) is 6.08 Å². The summed E-state index contributed by atoms with van der Waals surface area (Å²) in [4.78, 5) is 23.3. The number of nitrogens with one attached hydrogen (secondary N) is 1. The highest BCUT2D eigenvalue weighted by atomic mass is 79.9. The first-order valence-corrected chi connectivity index (χ1v) is 7.90. The molecule has 0 bridgehead atoms. The van der Waals surface area contributed by atoms with Crippen molar-refractivity contribution in [2.24, 2.45) is 0 Å². The van der Waals surface area contributed by atoms with Crippen molar-refractivity contribution in [2.75, 3.05) is 11.9 Å². The van der Waals surface area contributed by atoms with E-state index in [9.17, 15) is 18.4 Å². The van der Waals surface area contributed by atoms with Gasteiger partial charge in [0.05, 0.1) is 0 Å². The van der Waals surface area contributed by atoms with E-state index in [0.29, 0.717) is 10.4 Å². The highest BCUT2D eigenvalue weighted by molar-refractivity contribution is 9.10. The first kappa shape index (κ1) is 17.9. The number of carbonyl (C=O) groups excluding carboxylic acids is 2. The van der Waals surface area contributed by atoms with Crippen molar-refractivity contribution in [3.8, 4) is 11.5 Å². The Morgan fingerprint density at radius 1 is 1.19 bits per heavy atom. The smallest absolute Gasteiger partial charge is 0.452 e. The first-order chi connectivity index (χ1) is 12.3. The minimum absolute atomic E-state index is 0.144. The molecule has 3 rings (SSSR count). The molecule has 1 aromatic carbocycles. The lowest BCUT2D eigenvalue weighted by Crippen LogP contribution is -2.25. The largest absolute Gasteiger partial charge is 0.586 e. The average Bonchev–Trinajstić information content (AvgIpc) is 3.11. The molecule has 0 saturated carbocycles. The van der Waals surface area contributed by atoms with Gasteiger partial charge in [-0.15, -0.1) is 8.78 Å². The Hall–Kier alpha value is -2.88. The van der Waals surface area contributed by atoms with Gasteiger partial charge in [-0.3, -0.25) is 4.79 Å². The molecule has 0 spiro atoms. The molecule has 1 aliphatic heterocycles. The molecule has 1 amide bonds. The number of amides is 1. The van der Waals surface area contributed by atoms with Crippen LogP contribution in [0, 0.1) is 0 Å². The van der Waals surface area contributed by atoms with Crippen LogP contribution in [0.15, 0.2) is 45.5 Å². The summed E-state index contributed by atoms with van der Waals surface area (Å²) in [6, 6.07) is 7.02. The standard InChI is InChI=1S/C16H10BrF2NO6/c17-13-5-2-10(24-13)3-6-15(22)23-8-14(21)20-9-1-4-11-12(7-9)26-16(18,19)25-11/h1-7H,8H2,(H,20,21)/b6-3+. The third-order valence-electron chi connectivity index (χ3n) is 3.01. The Balaban J connectivity index is 1.49. The van der Waals surface area contributed by atoms with Crippen LogP contribution in [0.4, 0.5) is 14.5 Å². The number of rotatable bonds is 5. The summed E-state index contributed by atoms with van der Waals surface area (Å²) in [6.07, 6.45) is -1.26. The number of fused-ring (bicyclic) bond motifs is 1. The molecular weight excluding hydrogens is 420 g/mol. The topological polar surface area (TPSA) is 87.0 Å². The fourth-order valence-corrected chi connectivity index (χ4v) is 2.30. The molecular formula is C16H10BrF2NO6. The van der Waals surface area contributed by atoms with Crippen molar-refractivity contribution >= 4 is 39.6 Å². The van der Waals surface area contributed by atoms with E-state index in [2.05, 4.69) is 30.7 Å². The van der Waals surface area contributed by atoms with Gasteiger partial charge >= 0.3 is 12.3 Å². The van der Waals surface area contributed by atoms with E-state index < -0.39 is 24.8 Å². The predicted molar refractivity (Wildman–Crippen MR) is 87.7 cm³/mol. The van der Waals surface area contributed by atoms with E-state index in [1.165, 1.54) is 24.3 Å². The van der Waals surface area contributed by atoms with Gasteiger partial charge in [0.1, 0.15) is 5.76 Å². The molecule has 1 aliphatic rings. The van der Waals surface area contributed by atoms with Gasteiger partial charge in [0, 0.05) is 17.8 Å². The summed E-state index contributed by atoms with van der Waals surface area (Å²) in [5.41, 5.74) is 0.182. The highest BCUT2D eigenvalue weighted by Gasteiger charge is 2.43. The summed E-state index contributed by atoms with van der Waals surface area (Å²) in [5, 5.41) is 2.39. The summed E-state index contributed by atoms with van der Waals surface area (Å²) in [5.74, 6) is -1.34. The van der Waals surface area contributed by atoms with Gasteiger partial charge in [0.2, 0.25) is 0 Å². The number of anilines is 1. The molecule has 10 heteroatoms. The maximum atomic E-state index is 12.9. The molecule has 136 valence electrons. The number of benzene rings is 1. The van der Waals surface area contributed by atoms with Crippen LogP contribution >= 0.6 is 15.9 Å². The highest BCUT2D eigenvalue weighted by Crippen LogP contribution is 2.42. The van der Waals surface area contributed by atoms with Crippen molar-refractivity contribution in [2.45, 2.75) is 6.29 Å². The molecule has 0 aliphatic carbocycles. The van der Waals surface area contributed by atoms with Crippen molar-refractivity contribution in [1.29, 1.82) is 0 Å². The van der Waals surface area contributed by atoms with Crippen LogP contribution < -0.4 is 14.8 Å². The van der Waals surface area contributed by atoms with Gasteiger partial charge in [-0.2, -0.15) is 0 Å². The van der Waals surface area contributed by atoms with Crippen LogP contribution in [-0.4, -0.2) is 24.8 Å². The van der Waals surface area contributed by atoms with Gasteiger partial charge in [-0.05, 0) is 46.3 Å². The second-order valence-electron chi connectivity index (χ2n) is 4.96. The number of hydrogen-bond acceptors (Lipinski definition) is 6. The van der Waals surface area contributed by atoms with Crippen LogP contribution in [0.2, 0.25) is 0 Å². The normalized spacial score (nSPS) is 14.4. The molecule has 0 saturated heterocycles. The predicted octanol–water partition coefficient (Wildman–Crippen LogP) is 3.56. The Bertz CT molecular complexity index is 879. The van der Waals surface area contributed by atoms with Gasteiger partial charge in [-0.25, -0.2) is 4.79 Å². The number of alkyl halides is 2. The van der Waals surface area contributed by atoms with E-state index in [4.69, 9.17) is 9.15 Å². The Morgan fingerprint density at radius 3 is 2.69 bits per heavy atom. The zero-order chi connectivity index (χ0) is 18.7. The van der Waals surface area contributed by atoms with E-state index in [1.54, 1.807) is 12.1 Å². The summed E-state index contributed by atoms with van der Waals surface area (Å²) in [7, 11) is 0. The van der Waals surface area contributed by atoms with E-state index in [-0.39, 0.29) is 17.2 Å². The summed E-state index contributed by atoms with van der Waals surface area (Å²) >= 11 is 3.12. The van der Waals surface area contributed by atoms with Crippen LogP contribution in [-0.2, 0) is 14.3 Å². The third kappa shape index (κ3) is 4.60. The maximum Gasteiger partial charge on any atom is 0.586 e. The van der Waals surface area contributed by atoms with E-state index in [0.717, 1.165) is 6.08 Å². The zero-order valence-corrected chi connectivity index (χ0v) is 14.4. The number of furan rings is 1. The maximum absolute atomic E-state index is 12.9. The van der Waals surface area contributed by atoms with Crippen molar-refractivity contribution < 1.29 is 37.0 Å². The first-order valence-electron chi connectivity index (χ1n) is 7.11. The zero-order valence-electron chi connectivity index (χ0n) is 12.8. The molecule has 7 nitrogen and oxygen atoms in total. The van der Waals surface area contributed by atoms with Gasteiger partial charge in [0.15, 0.2) is 22.8 Å². The average molecular weight is 430 g/mol. The van der Waals surface area contributed by atoms with E-state index >= 15 is 0 Å². The molecule has 0 atom stereocenters. The van der Waals surface area contributed by atoms with Gasteiger partial charge in [-0.1, -0.05) is 0 Å². The van der Waals surface area contributed by atoms with Crippen molar-refractivity contribution in [1.82, 2.24) is 0 Å². The monoisotopic (exact) mass is 429 g/mol. The molecule has 0 fully saturated rings. The minimum Gasteiger partial charge on any atom is -0.452 e. The lowest BCUT2D eigenvalue weighted by molar-refractivity contribution is -0.286. The molecule has 1 aromatic heterocycles. The molecule has 2 heterocycles. The SMILES string of the molecule is O=C(COC(=O)/C=C/c1ccc(Br)o1)Nc1ccc2c(c1)OC(F)(F)O2. The molecule has 1 N–H and O–H groups in total. The molecule has 26 heavy (non-hydrogen) atoms. The van der Waals surface area contributed by atoms with Crippen LogP contribution in [0.5, 0.6) is 11.5 Å². The second-order valence-corrected chi connectivity index (χ2v) is 5.74. The van der Waals surface area contributed by atoms with Gasteiger partial charge in [0.25, 0.3) is 5.91 Å². The van der Waals surface area contributed by atoms with Crippen LogP contribution in [0.1, 0.15) is 5.76 Å². The fraction of sp³-hybridized carbons (Fsp3) is 0.125. The third-order valence-corrected chi connectivity index (χ3v) is 3.43. The lowest BCUT2D eigenvalue weighted by Gasteiger charge is -2.06. The molecule has 2 aromatic rings. The quantitative estimate of drug-likeness (QED) is 0.577. The molecule has 0 unspecified atom stereocenters. The molecule has 0 radical (unpaired) electrons. The number of ether oxygens (including phenoxy) is 3.